The molecule has 0 radical (unpaired) electrons. The highest BCUT2D eigenvalue weighted by atomic mass is 19.2. The quantitative estimate of drug-likeness (QED) is 0.724. The van der Waals surface area contributed by atoms with Crippen molar-refractivity contribution in [1.29, 1.82) is 0 Å². The minimum atomic E-state index is -1.19. The van der Waals surface area contributed by atoms with Crippen LogP contribution >= 0.6 is 0 Å². The van der Waals surface area contributed by atoms with E-state index in [1.54, 1.807) is 16.8 Å². The predicted molar refractivity (Wildman–Crippen MR) is 86.8 cm³/mol. The van der Waals surface area contributed by atoms with Crippen molar-refractivity contribution in [2.45, 2.75) is 18.4 Å². The molecule has 4 rings (SSSR count). The molecule has 3 aromatic rings. The van der Waals surface area contributed by atoms with Gasteiger partial charge in [0, 0.05) is 43.4 Å². The van der Waals surface area contributed by atoms with Crippen LogP contribution in [0.2, 0.25) is 0 Å². The van der Waals surface area contributed by atoms with E-state index in [4.69, 9.17) is 5.73 Å². The molecular formula is C17H16F3N5. The van der Waals surface area contributed by atoms with Crippen molar-refractivity contribution >= 4 is 11.5 Å². The van der Waals surface area contributed by atoms with Gasteiger partial charge in [0.05, 0.1) is 6.20 Å². The molecule has 1 aliphatic heterocycles. The van der Waals surface area contributed by atoms with Gasteiger partial charge in [-0.2, -0.15) is 5.10 Å². The minimum absolute atomic E-state index is 0.130. The van der Waals surface area contributed by atoms with Gasteiger partial charge in [-0.25, -0.2) is 22.7 Å². The van der Waals surface area contributed by atoms with Crippen LogP contribution in [0.3, 0.4) is 0 Å². The molecule has 1 aromatic carbocycles. The number of benzene rings is 1. The van der Waals surface area contributed by atoms with E-state index in [2.05, 4.69) is 10.1 Å². The lowest BCUT2D eigenvalue weighted by Crippen LogP contribution is -2.48. The van der Waals surface area contributed by atoms with Gasteiger partial charge in [0.15, 0.2) is 17.3 Å². The number of nitrogens with two attached hydrogens (primary N) is 1. The minimum Gasteiger partial charge on any atom is -0.355 e. The Bertz CT molecular complexity index is 926. The fourth-order valence-corrected chi connectivity index (χ4v) is 3.38. The van der Waals surface area contributed by atoms with Crippen LogP contribution in [0.5, 0.6) is 0 Å². The molecule has 2 atom stereocenters. The Morgan fingerprint density at radius 1 is 1.08 bits per heavy atom. The van der Waals surface area contributed by atoms with Gasteiger partial charge in [0.1, 0.15) is 11.6 Å². The maximum Gasteiger partial charge on any atom is 0.161 e. The molecule has 3 heterocycles. The number of aromatic nitrogens is 3. The molecule has 0 aliphatic carbocycles. The van der Waals surface area contributed by atoms with E-state index in [0.717, 1.165) is 17.5 Å². The third-order valence-electron chi connectivity index (χ3n) is 4.66. The van der Waals surface area contributed by atoms with Crippen molar-refractivity contribution in [2.75, 3.05) is 18.0 Å². The number of hydrogen-bond acceptors (Lipinski definition) is 4. The van der Waals surface area contributed by atoms with E-state index < -0.39 is 23.5 Å². The Labute approximate surface area is 141 Å². The van der Waals surface area contributed by atoms with E-state index in [-0.39, 0.29) is 11.5 Å². The molecule has 2 aromatic heterocycles. The van der Waals surface area contributed by atoms with E-state index >= 15 is 0 Å². The fourth-order valence-electron chi connectivity index (χ4n) is 3.38. The lowest BCUT2D eigenvalue weighted by atomic mass is 9.85. The maximum absolute atomic E-state index is 14.0. The zero-order valence-corrected chi connectivity index (χ0v) is 13.2. The maximum atomic E-state index is 14.0. The number of hydrogen-bond donors (Lipinski definition) is 1. The van der Waals surface area contributed by atoms with Crippen LogP contribution in [0.15, 0.2) is 36.7 Å². The lowest BCUT2D eigenvalue weighted by molar-refractivity contribution is 0.416. The van der Waals surface area contributed by atoms with Gasteiger partial charge < -0.3 is 10.6 Å². The summed E-state index contributed by atoms with van der Waals surface area (Å²) in [6, 6.07) is 4.72. The van der Waals surface area contributed by atoms with Gasteiger partial charge in [-0.1, -0.05) is 0 Å². The monoisotopic (exact) mass is 347 g/mol. The SMILES string of the molecule is NC1CN(c2ccn3nccc3n2)CCC1c1cc(F)c(F)cc1F. The van der Waals surface area contributed by atoms with Crippen molar-refractivity contribution in [3.63, 3.8) is 0 Å². The highest BCUT2D eigenvalue weighted by molar-refractivity contribution is 5.48. The van der Waals surface area contributed by atoms with Crippen LogP contribution in [0.25, 0.3) is 5.65 Å². The molecule has 2 N–H and O–H groups in total. The Hall–Kier alpha value is -2.61. The number of fused-ring (bicyclic) bond motifs is 1. The largest absolute Gasteiger partial charge is 0.355 e. The first-order valence-corrected chi connectivity index (χ1v) is 7.98. The first-order valence-electron chi connectivity index (χ1n) is 7.98. The van der Waals surface area contributed by atoms with Crippen molar-refractivity contribution in [3.8, 4) is 0 Å². The zero-order valence-electron chi connectivity index (χ0n) is 13.2. The molecule has 2 unspecified atom stereocenters. The average Bonchev–Trinajstić information content (AvgIpc) is 3.06. The molecule has 0 bridgehead atoms. The summed E-state index contributed by atoms with van der Waals surface area (Å²) in [5.74, 6) is -2.62. The molecule has 25 heavy (non-hydrogen) atoms. The van der Waals surface area contributed by atoms with Crippen LogP contribution in [0.1, 0.15) is 17.9 Å². The molecule has 0 spiro atoms. The van der Waals surface area contributed by atoms with Crippen LogP contribution in [0.4, 0.5) is 19.0 Å². The Balaban J connectivity index is 1.57. The van der Waals surface area contributed by atoms with Crippen molar-refractivity contribution in [3.05, 3.63) is 59.7 Å². The van der Waals surface area contributed by atoms with Gasteiger partial charge in [0.25, 0.3) is 0 Å². The van der Waals surface area contributed by atoms with Gasteiger partial charge in [-0.3, -0.25) is 0 Å². The second-order valence-corrected chi connectivity index (χ2v) is 6.21. The average molecular weight is 347 g/mol. The van der Waals surface area contributed by atoms with Crippen molar-refractivity contribution in [2.24, 2.45) is 5.73 Å². The van der Waals surface area contributed by atoms with Crippen LogP contribution in [-0.2, 0) is 0 Å². The summed E-state index contributed by atoms with van der Waals surface area (Å²) >= 11 is 0. The van der Waals surface area contributed by atoms with E-state index in [0.29, 0.717) is 25.6 Å². The number of nitrogens with zero attached hydrogens (tertiary/aromatic N) is 4. The number of piperidine rings is 1. The molecule has 8 heteroatoms. The Morgan fingerprint density at radius 2 is 1.88 bits per heavy atom. The lowest BCUT2D eigenvalue weighted by Gasteiger charge is -2.37. The molecule has 1 saturated heterocycles. The molecule has 1 fully saturated rings. The number of halogens is 3. The second kappa shape index (κ2) is 6.03. The molecule has 0 saturated carbocycles. The van der Waals surface area contributed by atoms with Gasteiger partial charge in [0.2, 0.25) is 0 Å². The zero-order chi connectivity index (χ0) is 17.6. The van der Waals surface area contributed by atoms with E-state index in [9.17, 15) is 13.2 Å². The summed E-state index contributed by atoms with van der Waals surface area (Å²) in [4.78, 5) is 6.53. The van der Waals surface area contributed by atoms with E-state index in [1.807, 2.05) is 17.2 Å². The molecule has 130 valence electrons. The molecule has 1 aliphatic rings. The molecular weight excluding hydrogens is 331 g/mol. The number of anilines is 1. The van der Waals surface area contributed by atoms with E-state index in [1.165, 1.54) is 0 Å². The van der Waals surface area contributed by atoms with Crippen LogP contribution < -0.4 is 10.6 Å². The second-order valence-electron chi connectivity index (χ2n) is 6.21. The van der Waals surface area contributed by atoms with Gasteiger partial charge >= 0.3 is 0 Å². The third kappa shape index (κ3) is 2.82. The predicted octanol–water partition coefficient (Wildman–Crippen LogP) is 2.47. The fraction of sp³-hybridized carbons (Fsp3) is 0.294. The summed E-state index contributed by atoms with van der Waals surface area (Å²) in [6.45, 7) is 1.04. The van der Waals surface area contributed by atoms with Crippen LogP contribution in [0, 0.1) is 17.5 Å². The highest BCUT2D eigenvalue weighted by Crippen LogP contribution is 2.32. The summed E-state index contributed by atoms with van der Waals surface area (Å²) in [5.41, 5.74) is 7.07. The Kier molecular flexibility index (Phi) is 3.84. The van der Waals surface area contributed by atoms with Gasteiger partial charge in [-0.15, -0.1) is 0 Å². The smallest absolute Gasteiger partial charge is 0.161 e. The summed E-state index contributed by atoms with van der Waals surface area (Å²) in [6.07, 6.45) is 4.00. The van der Waals surface area contributed by atoms with Crippen molar-refractivity contribution < 1.29 is 13.2 Å². The summed E-state index contributed by atoms with van der Waals surface area (Å²) in [7, 11) is 0. The molecule has 0 amide bonds. The summed E-state index contributed by atoms with van der Waals surface area (Å²) in [5, 5.41) is 4.10. The van der Waals surface area contributed by atoms with Crippen LogP contribution in [-0.4, -0.2) is 33.7 Å². The first kappa shape index (κ1) is 15.9. The Morgan fingerprint density at radius 3 is 2.68 bits per heavy atom. The standard InChI is InChI=1S/C17H16F3N5/c18-12-8-14(20)13(19)7-11(12)10-2-5-24(9-15(10)21)16-3-6-25-17(23-16)1-4-22-25/h1,3-4,6-8,10,15H,2,5,9,21H2. The number of rotatable bonds is 2. The topological polar surface area (TPSA) is 59.5 Å². The van der Waals surface area contributed by atoms with Crippen molar-refractivity contribution in [1.82, 2.24) is 14.6 Å². The first-order chi connectivity index (χ1) is 12.0. The van der Waals surface area contributed by atoms with Gasteiger partial charge in [-0.05, 0) is 24.1 Å². The normalized spacial score (nSPS) is 21.0. The molecule has 5 nitrogen and oxygen atoms in total. The highest BCUT2D eigenvalue weighted by Gasteiger charge is 2.31. The summed E-state index contributed by atoms with van der Waals surface area (Å²) < 4.78 is 42.3. The third-order valence-corrected chi connectivity index (χ3v) is 4.66.